The van der Waals surface area contributed by atoms with E-state index >= 15 is 0 Å². The van der Waals surface area contributed by atoms with E-state index in [1.54, 1.807) is 0 Å². The molecule has 3 nitrogen and oxygen atoms in total. The van der Waals surface area contributed by atoms with Crippen LogP contribution >= 0.6 is 0 Å². The number of likely N-dealkylation sites (tertiary alicyclic amines) is 2. The van der Waals surface area contributed by atoms with Gasteiger partial charge in [-0.3, -0.25) is 0 Å². The van der Waals surface area contributed by atoms with Gasteiger partial charge in [-0.25, -0.2) is 0 Å². The molecule has 2 heterocycles. The fourth-order valence-corrected chi connectivity index (χ4v) is 3.26. The Bertz CT molecular complexity index is 206. The van der Waals surface area contributed by atoms with E-state index in [-0.39, 0.29) is 0 Å². The number of nitrogens with one attached hydrogen (secondary N) is 1. The van der Waals surface area contributed by atoms with E-state index < -0.39 is 0 Å². The van der Waals surface area contributed by atoms with Crippen LogP contribution in [0, 0.1) is 5.92 Å². The molecule has 2 saturated heterocycles. The third kappa shape index (κ3) is 4.87. The summed E-state index contributed by atoms with van der Waals surface area (Å²) in [5.41, 5.74) is 0. The highest BCUT2D eigenvalue weighted by Gasteiger charge is 2.22. The summed E-state index contributed by atoms with van der Waals surface area (Å²) in [6, 6.07) is 0. The molecule has 2 fully saturated rings. The third-order valence-electron chi connectivity index (χ3n) is 4.45. The fraction of sp³-hybridized carbons (Fsp3) is 1.00. The summed E-state index contributed by atoms with van der Waals surface area (Å²) >= 11 is 0. The molecule has 0 aliphatic carbocycles. The first-order valence-electron chi connectivity index (χ1n) is 8.04. The second-order valence-corrected chi connectivity index (χ2v) is 6.04. The van der Waals surface area contributed by atoms with Crippen molar-refractivity contribution < 1.29 is 0 Å². The lowest BCUT2D eigenvalue weighted by atomic mass is 9.96. The van der Waals surface area contributed by atoms with Crippen molar-refractivity contribution in [2.45, 2.75) is 39.0 Å². The molecule has 0 atom stereocenters. The zero-order chi connectivity index (χ0) is 12.6. The standard InChI is InChI=1S/C15H31N3/c1-2-7-16-8-13-17-11-5-15(6-12-17)14-18-9-3-4-10-18/h15-16H,2-14H2,1H3. The molecule has 106 valence electrons. The summed E-state index contributed by atoms with van der Waals surface area (Å²) in [7, 11) is 0. The maximum atomic E-state index is 3.50. The van der Waals surface area contributed by atoms with E-state index in [0.717, 1.165) is 5.92 Å². The van der Waals surface area contributed by atoms with E-state index in [1.165, 1.54) is 84.5 Å². The molecule has 0 aromatic carbocycles. The summed E-state index contributed by atoms with van der Waals surface area (Å²) in [5.74, 6) is 0.975. The van der Waals surface area contributed by atoms with Crippen LogP contribution in [0.1, 0.15) is 39.0 Å². The summed E-state index contributed by atoms with van der Waals surface area (Å²) in [6.45, 7) is 12.6. The molecule has 3 heteroatoms. The molecule has 1 N–H and O–H groups in total. The number of hydrogen-bond donors (Lipinski definition) is 1. The fourth-order valence-electron chi connectivity index (χ4n) is 3.26. The largest absolute Gasteiger partial charge is 0.315 e. The number of nitrogens with zero attached hydrogens (tertiary/aromatic N) is 2. The molecule has 0 unspecified atom stereocenters. The van der Waals surface area contributed by atoms with Gasteiger partial charge in [0.1, 0.15) is 0 Å². The third-order valence-corrected chi connectivity index (χ3v) is 4.45. The summed E-state index contributed by atoms with van der Waals surface area (Å²) in [4.78, 5) is 5.33. The lowest BCUT2D eigenvalue weighted by molar-refractivity contribution is 0.154. The van der Waals surface area contributed by atoms with E-state index in [2.05, 4.69) is 22.0 Å². The van der Waals surface area contributed by atoms with Crippen LogP contribution in [0.3, 0.4) is 0 Å². The predicted molar refractivity (Wildman–Crippen MR) is 78.0 cm³/mol. The van der Waals surface area contributed by atoms with Crippen molar-refractivity contribution >= 4 is 0 Å². The zero-order valence-electron chi connectivity index (χ0n) is 12.2. The van der Waals surface area contributed by atoms with Crippen LogP contribution in [-0.2, 0) is 0 Å². The van der Waals surface area contributed by atoms with Crippen LogP contribution in [0.15, 0.2) is 0 Å². The highest BCUT2D eigenvalue weighted by Crippen LogP contribution is 2.20. The molecule has 0 saturated carbocycles. The van der Waals surface area contributed by atoms with Gasteiger partial charge in [0.15, 0.2) is 0 Å². The Balaban J connectivity index is 1.53. The van der Waals surface area contributed by atoms with E-state index in [1.807, 2.05) is 0 Å². The van der Waals surface area contributed by atoms with Gasteiger partial charge in [0.25, 0.3) is 0 Å². The molecule has 0 aromatic heterocycles. The molecule has 18 heavy (non-hydrogen) atoms. The van der Waals surface area contributed by atoms with Crippen LogP contribution in [-0.4, -0.2) is 62.2 Å². The summed E-state index contributed by atoms with van der Waals surface area (Å²) < 4.78 is 0. The van der Waals surface area contributed by atoms with Gasteiger partial charge in [-0.15, -0.1) is 0 Å². The van der Waals surface area contributed by atoms with Crippen LogP contribution in [0.5, 0.6) is 0 Å². The smallest absolute Gasteiger partial charge is 0.0107 e. The molecule has 0 amide bonds. The van der Waals surface area contributed by atoms with E-state index in [0.29, 0.717) is 0 Å². The normalized spacial score (nSPS) is 23.8. The summed E-state index contributed by atoms with van der Waals surface area (Å²) in [5, 5.41) is 3.50. The minimum atomic E-state index is 0.975. The topological polar surface area (TPSA) is 18.5 Å². The van der Waals surface area contributed by atoms with Crippen molar-refractivity contribution in [2.75, 3.05) is 52.4 Å². The van der Waals surface area contributed by atoms with Crippen molar-refractivity contribution in [2.24, 2.45) is 5.92 Å². The lowest BCUT2D eigenvalue weighted by Crippen LogP contribution is -2.41. The van der Waals surface area contributed by atoms with Crippen LogP contribution in [0.25, 0.3) is 0 Å². The van der Waals surface area contributed by atoms with Crippen molar-refractivity contribution in [1.82, 2.24) is 15.1 Å². The number of piperidine rings is 1. The van der Waals surface area contributed by atoms with Crippen LogP contribution in [0.4, 0.5) is 0 Å². The first-order valence-corrected chi connectivity index (χ1v) is 8.04. The quantitative estimate of drug-likeness (QED) is 0.698. The number of hydrogen-bond acceptors (Lipinski definition) is 3. The first-order chi connectivity index (χ1) is 8.88. The average molecular weight is 253 g/mol. The Hall–Kier alpha value is -0.120. The number of rotatable bonds is 7. The van der Waals surface area contributed by atoms with Gasteiger partial charge in [-0.1, -0.05) is 6.92 Å². The molecule has 0 radical (unpaired) electrons. The highest BCUT2D eigenvalue weighted by molar-refractivity contribution is 4.77. The second kappa shape index (κ2) is 8.13. The first kappa shape index (κ1) is 14.3. The molecular formula is C15H31N3. The SMILES string of the molecule is CCCNCCN1CCC(CN2CCCC2)CC1. The van der Waals surface area contributed by atoms with E-state index in [9.17, 15) is 0 Å². The van der Waals surface area contributed by atoms with Crippen molar-refractivity contribution in [3.63, 3.8) is 0 Å². The van der Waals surface area contributed by atoms with Crippen molar-refractivity contribution in [3.05, 3.63) is 0 Å². The molecule has 0 aromatic rings. The van der Waals surface area contributed by atoms with Crippen molar-refractivity contribution in [3.8, 4) is 0 Å². The zero-order valence-corrected chi connectivity index (χ0v) is 12.2. The van der Waals surface area contributed by atoms with Gasteiger partial charge < -0.3 is 15.1 Å². The molecule has 0 bridgehead atoms. The van der Waals surface area contributed by atoms with Crippen LogP contribution < -0.4 is 5.32 Å². The molecular weight excluding hydrogens is 222 g/mol. The minimum Gasteiger partial charge on any atom is -0.315 e. The van der Waals surface area contributed by atoms with Gasteiger partial charge in [-0.05, 0) is 70.7 Å². The average Bonchev–Trinajstić information content (AvgIpc) is 2.89. The van der Waals surface area contributed by atoms with Crippen LogP contribution in [0.2, 0.25) is 0 Å². The molecule has 2 aliphatic heterocycles. The maximum Gasteiger partial charge on any atom is 0.0107 e. The predicted octanol–water partition coefficient (Wildman–Crippen LogP) is 1.79. The molecule has 2 aliphatic rings. The second-order valence-electron chi connectivity index (χ2n) is 6.04. The van der Waals surface area contributed by atoms with Crippen molar-refractivity contribution in [1.29, 1.82) is 0 Å². The highest BCUT2D eigenvalue weighted by atomic mass is 15.2. The van der Waals surface area contributed by atoms with Gasteiger partial charge in [0.05, 0.1) is 0 Å². The van der Waals surface area contributed by atoms with Gasteiger partial charge in [0, 0.05) is 19.6 Å². The van der Waals surface area contributed by atoms with Gasteiger partial charge in [-0.2, -0.15) is 0 Å². The Kier molecular flexibility index (Phi) is 6.46. The summed E-state index contributed by atoms with van der Waals surface area (Å²) in [6.07, 6.45) is 6.95. The molecule has 2 rings (SSSR count). The lowest BCUT2D eigenvalue weighted by Gasteiger charge is -2.33. The molecule has 0 spiro atoms. The Morgan fingerprint density at radius 2 is 1.67 bits per heavy atom. The minimum absolute atomic E-state index is 0.975. The van der Waals surface area contributed by atoms with Gasteiger partial charge in [0.2, 0.25) is 0 Å². The monoisotopic (exact) mass is 253 g/mol. The maximum absolute atomic E-state index is 3.50. The van der Waals surface area contributed by atoms with Gasteiger partial charge >= 0.3 is 0 Å². The Morgan fingerprint density at radius 3 is 2.33 bits per heavy atom. The Morgan fingerprint density at radius 1 is 0.944 bits per heavy atom. The van der Waals surface area contributed by atoms with E-state index in [4.69, 9.17) is 0 Å². The Labute approximate surface area is 113 Å².